The smallest absolute Gasteiger partial charge is 0.200 e. The topological polar surface area (TPSA) is 54.0 Å². The highest BCUT2D eigenvalue weighted by Gasteiger charge is 2.36. The third kappa shape index (κ3) is 7.78. The summed E-state index contributed by atoms with van der Waals surface area (Å²) in [6.07, 6.45) is 2.83. The molecule has 3 atom stereocenters. The number of benzene rings is 3. The predicted molar refractivity (Wildman–Crippen MR) is 164 cm³/mol. The van der Waals surface area contributed by atoms with E-state index >= 15 is 0 Å². The van der Waals surface area contributed by atoms with Crippen molar-refractivity contribution in [2.45, 2.75) is 59.2 Å². The molecule has 216 valence electrons. The Bertz CT molecular complexity index is 1320. The van der Waals surface area contributed by atoms with Gasteiger partial charge in [-0.1, -0.05) is 57.2 Å². The number of hydrogen-bond donors (Lipinski definition) is 0. The maximum Gasteiger partial charge on any atom is 0.200 e. The van der Waals surface area contributed by atoms with E-state index in [0.29, 0.717) is 25.3 Å². The molecule has 1 aliphatic carbocycles. The molecule has 0 amide bonds. The Hall–Kier alpha value is -2.59. The molecule has 0 heterocycles. The lowest BCUT2D eigenvalue weighted by atomic mass is 9.81. The second-order valence-corrected chi connectivity index (χ2v) is 14.7. The Morgan fingerprint density at radius 3 is 2.33 bits per heavy atom. The normalized spacial score (nSPS) is 16.7. The van der Waals surface area contributed by atoms with Crippen molar-refractivity contribution in [2.75, 3.05) is 33.7 Å². The first kappa shape index (κ1) is 30.4. The third-order valence-electron chi connectivity index (χ3n) is 7.61. The molecule has 0 radical (unpaired) electrons. The molecule has 0 N–H and O–H groups in total. The van der Waals surface area contributed by atoms with Gasteiger partial charge in [0.15, 0.2) is 0 Å². The number of methoxy groups -OCH3 is 2. The van der Waals surface area contributed by atoms with Gasteiger partial charge in [-0.3, -0.25) is 4.57 Å². The first-order valence-electron chi connectivity index (χ1n) is 14.3. The molecule has 1 fully saturated rings. The average molecular weight is 565 g/mol. The molecule has 1 aliphatic rings. The second-order valence-electron chi connectivity index (χ2n) is 12.1. The molecular formula is C34H45O5P. The van der Waals surface area contributed by atoms with Crippen LogP contribution in [0, 0.1) is 11.3 Å². The van der Waals surface area contributed by atoms with Crippen LogP contribution in [0.1, 0.15) is 69.2 Å². The van der Waals surface area contributed by atoms with Crippen molar-refractivity contribution in [3.8, 4) is 22.6 Å². The second kappa shape index (κ2) is 12.9. The first-order valence-corrected chi connectivity index (χ1v) is 16.5. The van der Waals surface area contributed by atoms with Gasteiger partial charge < -0.3 is 18.7 Å². The van der Waals surface area contributed by atoms with Gasteiger partial charge >= 0.3 is 0 Å². The van der Waals surface area contributed by atoms with Crippen molar-refractivity contribution in [1.29, 1.82) is 0 Å². The molecule has 0 aromatic heterocycles. The van der Waals surface area contributed by atoms with E-state index in [-0.39, 0.29) is 17.4 Å². The van der Waals surface area contributed by atoms with Crippen LogP contribution in [0.15, 0.2) is 66.7 Å². The van der Waals surface area contributed by atoms with E-state index in [4.69, 9.17) is 18.7 Å². The molecular weight excluding hydrogens is 519 g/mol. The van der Waals surface area contributed by atoms with E-state index in [2.05, 4.69) is 63.2 Å². The number of hydrogen-bond acceptors (Lipinski definition) is 5. The molecule has 0 bridgehead atoms. The molecule has 3 aromatic rings. The minimum atomic E-state index is -2.63. The van der Waals surface area contributed by atoms with E-state index in [1.54, 1.807) is 20.9 Å². The predicted octanol–water partition coefficient (Wildman–Crippen LogP) is 9.11. The quantitative estimate of drug-likeness (QED) is 0.194. The lowest BCUT2D eigenvalue weighted by molar-refractivity contribution is 0.0155. The molecule has 6 heteroatoms. The van der Waals surface area contributed by atoms with Crippen LogP contribution >= 0.6 is 7.37 Å². The van der Waals surface area contributed by atoms with Crippen molar-refractivity contribution in [2.24, 2.45) is 11.3 Å². The van der Waals surface area contributed by atoms with Crippen molar-refractivity contribution in [3.63, 3.8) is 0 Å². The summed E-state index contributed by atoms with van der Waals surface area (Å²) >= 11 is 0. The van der Waals surface area contributed by atoms with Crippen LogP contribution in [0.4, 0.5) is 0 Å². The van der Waals surface area contributed by atoms with Crippen molar-refractivity contribution >= 4 is 7.37 Å². The van der Waals surface area contributed by atoms with Crippen LogP contribution in [-0.4, -0.2) is 33.7 Å². The summed E-state index contributed by atoms with van der Waals surface area (Å²) in [6.45, 7) is 11.2. The Morgan fingerprint density at radius 2 is 1.68 bits per heavy atom. The lowest BCUT2D eigenvalue weighted by Gasteiger charge is -2.32. The van der Waals surface area contributed by atoms with Crippen LogP contribution in [0.2, 0.25) is 0 Å². The summed E-state index contributed by atoms with van der Waals surface area (Å²) in [5.74, 6) is 2.45. The molecule has 0 saturated heterocycles. The molecule has 0 spiro atoms. The zero-order valence-electron chi connectivity index (χ0n) is 25.1. The van der Waals surface area contributed by atoms with Crippen molar-refractivity contribution in [1.82, 2.24) is 0 Å². The van der Waals surface area contributed by atoms with Gasteiger partial charge in [0.1, 0.15) is 18.1 Å². The van der Waals surface area contributed by atoms with Crippen LogP contribution in [-0.2, 0) is 20.4 Å². The van der Waals surface area contributed by atoms with Gasteiger partial charge in [-0.15, -0.1) is 0 Å². The van der Waals surface area contributed by atoms with E-state index < -0.39 is 7.37 Å². The third-order valence-corrected chi connectivity index (χ3v) is 9.48. The molecule has 3 aromatic carbocycles. The van der Waals surface area contributed by atoms with Gasteiger partial charge in [0.2, 0.25) is 7.37 Å². The Kier molecular flexibility index (Phi) is 9.82. The fourth-order valence-corrected chi connectivity index (χ4v) is 7.50. The van der Waals surface area contributed by atoms with Crippen molar-refractivity contribution < 1.29 is 23.3 Å². The van der Waals surface area contributed by atoms with E-state index in [9.17, 15) is 4.57 Å². The van der Waals surface area contributed by atoms with Gasteiger partial charge in [0, 0.05) is 19.9 Å². The fraction of sp³-hybridized carbons (Fsp3) is 0.471. The summed E-state index contributed by atoms with van der Waals surface area (Å²) in [7, 11) is 0.830. The van der Waals surface area contributed by atoms with E-state index in [1.807, 2.05) is 31.2 Å². The summed E-state index contributed by atoms with van der Waals surface area (Å²) in [5, 5.41) is 0. The van der Waals surface area contributed by atoms with Crippen molar-refractivity contribution in [3.05, 3.63) is 83.4 Å². The lowest BCUT2D eigenvalue weighted by Crippen LogP contribution is -2.21. The minimum Gasteiger partial charge on any atom is -0.497 e. The van der Waals surface area contributed by atoms with Gasteiger partial charge in [-0.25, -0.2) is 0 Å². The van der Waals surface area contributed by atoms with Crippen LogP contribution < -0.4 is 9.47 Å². The molecule has 5 nitrogen and oxygen atoms in total. The summed E-state index contributed by atoms with van der Waals surface area (Å²) in [4.78, 5) is 0. The van der Waals surface area contributed by atoms with Gasteiger partial charge in [0.25, 0.3) is 0 Å². The highest BCUT2D eigenvalue weighted by Crippen LogP contribution is 2.53. The summed E-state index contributed by atoms with van der Waals surface area (Å²) < 4.78 is 36.5. The maximum absolute atomic E-state index is 13.0. The first-order chi connectivity index (χ1) is 19.0. The minimum absolute atomic E-state index is 0.103. The molecule has 4 rings (SSSR count). The molecule has 40 heavy (non-hydrogen) atoms. The monoisotopic (exact) mass is 564 g/mol. The Morgan fingerprint density at radius 1 is 0.950 bits per heavy atom. The largest absolute Gasteiger partial charge is 0.497 e. The van der Waals surface area contributed by atoms with Gasteiger partial charge in [-0.05, 0) is 95.2 Å². The molecule has 2 unspecified atom stereocenters. The van der Waals surface area contributed by atoms with E-state index in [0.717, 1.165) is 33.8 Å². The van der Waals surface area contributed by atoms with E-state index in [1.165, 1.54) is 18.4 Å². The number of ether oxygens (including phenoxy) is 3. The Labute approximate surface area is 240 Å². The summed E-state index contributed by atoms with van der Waals surface area (Å²) in [5.41, 5.74) is 5.49. The van der Waals surface area contributed by atoms with Crippen LogP contribution in [0.25, 0.3) is 11.1 Å². The molecule has 0 aliphatic heterocycles. The highest BCUT2D eigenvalue weighted by molar-refractivity contribution is 7.58. The van der Waals surface area contributed by atoms with Gasteiger partial charge in [-0.2, -0.15) is 0 Å². The maximum atomic E-state index is 13.0. The molecule has 1 saturated carbocycles. The number of rotatable bonds is 13. The standard InChI is InChI=1S/C34H45O5P/c1-8-39-40(7,35)23-32(25-16-17-25)27-12-10-14-29(21-27)38-22-24-15-18-30(26-11-9-13-28(20-26)36-5)31(19-24)33(37-6)34(2,3)4/h9-15,18-21,25,32-33H,8,16-17,22-23H2,1-7H3/t32?,33-,40?/m1/s1. The highest BCUT2D eigenvalue weighted by atomic mass is 31.2. The average Bonchev–Trinajstić information content (AvgIpc) is 3.76. The SMILES string of the molecule is CCOP(C)(=O)CC(c1cccc(OCc2ccc(-c3cccc(OC)c3)c([C@@H](OC)C(C)(C)C)c2)c1)C1CC1. The zero-order chi connectivity index (χ0) is 28.9. The Balaban J connectivity index is 1.59. The van der Waals surface area contributed by atoms with Crippen LogP contribution in [0.3, 0.4) is 0 Å². The van der Waals surface area contributed by atoms with Gasteiger partial charge in [0.05, 0.1) is 19.8 Å². The van der Waals surface area contributed by atoms with Crippen LogP contribution in [0.5, 0.6) is 11.5 Å². The summed E-state index contributed by atoms with van der Waals surface area (Å²) in [6, 6.07) is 22.9. The fourth-order valence-electron chi connectivity index (χ4n) is 5.63. The zero-order valence-corrected chi connectivity index (χ0v) is 26.0.